The molecule has 21 heteroatoms. The first-order valence-corrected chi connectivity index (χ1v) is 14.1. The lowest BCUT2D eigenvalue weighted by molar-refractivity contribution is -0.132. The van der Waals surface area contributed by atoms with Crippen LogP contribution in [0.3, 0.4) is 0 Å². The maximum atomic E-state index is 10.5. The second kappa shape index (κ2) is 38.2. The fourth-order valence-corrected chi connectivity index (χ4v) is 1.91. The summed E-state index contributed by atoms with van der Waals surface area (Å²) < 4.78 is 5.15. The van der Waals surface area contributed by atoms with Crippen molar-refractivity contribution in [1.82, 2.24) is 0 Å². The number of ether oxygens (including phenoxy) is 1. The third-order valence-corrected chi connectivity index (χ3v) is 5.09. The van der Waals surface area contributed by atoms with Crippen LogP contribution in [0.5, 0.6) is 0 Å². The Hall–Kier alpha value is -6.07. The Morgan fingerprint density at radius 3 is 0.722 bits per heavy atom. The van der Waals surface area contributed by atoms with Crippen LogP contribution in [0, 0.1) is 10.8 Å². The number of hydrogen-bond donors (Lipinski definition) is 13. The van der Waals surface area contributed by atoms with Gasteiger partial charge in [-0.2, -0.15) is 0 Å². The number of aliphatic hydroxyl groups excluding tert-OH is 6. The van der Waals surface area contributed by atoms with E-state index < -0.39 is 92.3 Å². The molecule has 0 fully saturated rings. The van der Waals surface area contributed by atoms with E-state index >= 15 is 0 Å². The Balaban J connectivity index is -0.000000135. The SMILES string of the molecule is C=CC(=O)O.C=CC(=O)O.C=CC(=O)O.C=CC(=O)O.C=CC(=O)O.O=C(O)c1ccccc1C(=O)O.OCC(CO)(CO)COCC(CO)(CO)CO. The summed E-state index contributed by atoms with van der Waals surface area (Å²) in [5.41, 5.74) is -2.70. The molecule has 1 rings (SSSR count). The molecule has 0 aromatic heterocycles. The Labute approximate surface area is 308 Å². The molecule has 0 unspecified atom stereocenters. The molecule has 21 nitrogen and oxygen atoms in total. The van der Waals surface area contributed by atoms with Crippen LogP contribution in [0.1, 0.15) is 20.7 Å². The highest BCUT2D eigenvalue weighted by Gasteiger charge is 2.32. The largest absolute Gasteiger partial charge is 0.478 e. The number of carboxylic acids is 7. The number of aliphatic carboxylic acids is 5. The molecular weight excluding hydrogens is 732 g/mol. The molecule has 0 saturated carbocycles. The van der Waals surface area contributed by atoms with E-state index in [2.05, 4.69) is 32.9 Å². The summed E-state index contributed by atoms with van der Waals surface area (Å²) in [7, 11) is 0. The van der Waals surface area contributed by atoms with Gasteiger partial charge in [0.2, 0.25) is 0 Å². The number of rotatable bonds is 17. The minimum absolute atomic E-state index is 0.141. The van der Waals surface area contributed by atoms with Crippen LogP contribution in [0.4, 0.5) is 0 Å². The van der Waals surface area contributed by atoms with E-state index in [1.165, 1.54) is 24.3 Å². The van der Waals surface area contributed by atoms with Gasteiger partial charge in [-0.3, -0.25) is 0 Å². The minimum Gasteiger partial charge on any atom is -0.478 e. The van der Waals surface area contributed by atoms with Crippen molar-refractivity contribution in [2.75, 3.05) is 52.9 Å². The molecule has 0 heterocycles. The Bertz CT molecular complexity index is 1140. The predicted octanol–water partition coefficient (Wildman–Crippen LogP) is -0.702. The zero-order valence-electron chi connectivity index (χ0n) is 29.0. The third-order valence-electron chi connectivity index (χ3n) is 5.09. The first-order valence-electron chi connectivity index (χ1n) is 14.1. The van der Waals surface area contributed by atoms with E-state index in [1.807, 2.05) is 0 Å². The molecular formula is C33H48O21. The smallest absolute Gasteiger partial charge is 0.336 e. The average molecular weight is 781 g/mol. The zero-order valence-corrected chi connectivity index (χ0v) is 29.0. The van der Waals surface area contributed by atoms with Crippen molar-refractivity contribution in [3.05, 3.63) is 98.7 Å². The van der Waals surface area contributed by atoms with Crippen LogP contribution in [-0.4, -0.2) is 161 Å². The molecule has 306 valence electrons. The average Bonchev–Trinajstić information content (AvgIpc) is 3.16. The molecule has 54 heavy (non-hydrogen) atoms. The molecule has 0 bridgehead atoms. The summed E-state index contributed by atoms with van der Waals surface area (Å²) >= 11 is 0. The second-order valence-corrected chi connectivity index (χ2v) is 9.31. The van der Waals surface area contributed by atoms with Crippen molar-refractivity contribution in [3.8, 4) is 0 Å². The molecule has 0 atom stereocenters. The van der Waals surface area contributed by atoms with Crippen LogP contribution in [0.2, 0.25) is 0 Å². The van der Waals surface area contributed by atoms with Gasteiger partial charge in [0, 0.05) is 30.4 Å². The minimum atomic E-state index is -1.23. The van der Waals surface area contributed by atoms with E-state index in [-0.39, 0.29) is 24.3 Å². The van der Waals surface area contributed by atoms with E-state index in [1.54, 1.807) is 0 Å². The van der Waals surface area contributed by atoms with Crippen LogP contribution < -0.4 is 0 Å². The lowest BCUT2D eigenvalue weighted by Gasteiger charge is -2.31. The maximum Gasteiger partial charge on any atom is 0.336 e. The number of benzene rings is 1. The summed E-state index contributed by atoms with van der Waals surface area (Å²) in [5, 5.41) is 109. The number of aromatic carboxylic acids is 2. The highest BCUT2D eigenvalue weighted by Crippen LogP contribution is 2.19. The molecule has 0 spiro atoms. The molecule has 13 N–H and O–H groups in total. The van der Waals surface area contributed by atoms with Gasteiger partial charge in [0.25, 0.3) is 0 Å². The van der Waals surface area contributed by atoms with Crippen molar-refractivity contribution >= 4 is 41.8 Å². The third kappa shape index (κ3) is 38.7. The summed E-state index contributed by atoms with van der Waals surface area (Å²) in [6.07, 6.45) is 4.17. The second-order valence-electron chi connectivity index (χ2n) is 9.31. The van der Waals surface area contributed by atoms with Gasteiger partial charge < -0.3 is 71.1 Å². The molecule has 1 aromatic carbocycles. The van der Waals surface area contributed by atoms with Crippen LogP contribution >= 0.6 is 0 Å². The van der Waals surface area contributed by atoms with Crippen molar-refractivity contribution < 1.29 is 105 Å². The Morgan fingerprint density at radius 1 is 0.444 bits per heavy atom. The molecule has 0 aliphatic heterocycles. The van der Waals surface area contributed by atoms with Gasteiger partial charge in [0.1, 0.15) is 0 Å². The number of carboxylic acid groups (broad SMARTS) is 7. The molecule has 0 aliphatic carbocycles. The van der Waals surface area contributed by atoms with E-state index in [9.17, 15) is 33.6 Å². The van der Waals surface area contributed by atoms with Gasteiger partial charge in [0.15, 0.2) is 0 Å². The van der Waals surface area contributed by atoms with Gasteiger partial charge in [-0.1, -0.05) is 45.0 Å². The molecule has 0 amide bonds. The summed E-state index contributed by atoms with van der Waals surface area (Å²) in [5.74, 6) is -7.36. The van der Waals surface area contributed by atoms with Gasteiger partial charge in [-0.15, -0.1) is 0 Å². The van der Waals surface area contributed by atoms with Gasteiger partial charge in [-0.05, 0) is 12.1 Å². The molecule has 0 radical (unpaired) electrons. The lowest BCUT2D eigenvalue weighted by Crippen LogP contribution is -2.43. The lowest BCUT2D eigenvalue weighted by atomic mass is 9.91. The van der Waals surface area contributed by atoms with E-state index in [0.717, 1.165) is 30.4 Å². The van der Waals surface area contributed by atoms with Crippen LogP contribution in [0.15, 0.2) is 87.5 Å². The monoisotopic (exact) mass is 780 g/mol. The first-order chi connectivity index (χ1) is 25.0. The highest BCUT2D eigenvalue weighted by atomic mass is 16.5. The van der Waals surface area contributed by atoms with Crippen molar-refractivity contribution in [2.45, 2.75) is 0 Å². The number of hydrogen-bond acceptors (Lipinski definition) is 14. The number of aliphatic hydroxyl groups is 6. The fourth-order valence-electron chi connectivity index (χ4n) is 1.91. The van der Waals surface area contributed by atoms with Gasteiger partial charge >= 0.3 is 41.8 Å². The normalized spacial score (nSPS) is 9.15. The summed E-state index contributed by atoms with van der Waals surface area (Å²) in [6.45, 7) is 11.8. The van der Waals surface area contributed by atoms with Crippen LogP contribution in [-0.2, 0) is 28.7 Å². The van der Waals surface area contributed by atoms with E-state index in [4.69, 9.17) is 71.1 Å². The maximum absolute atomic E-state index is 10.5. The topological polar surface area (TPSA) is 392 Å². The van der Waals surface area contributed by atoms with Gasteiger partial charge in [0.05, 0.1) is 74.8 Å². The van der Waals surface area contributed by atoms with E-state index in [0.29, 0.717) is 0 Å². The predicted molar refractivity (Wildman–Crippen MR) is 188 cm³/mol. The fraction of sp³-hybridized carbons (Fsp3) is 0.303. The molecule has 1 aromatic rings. The quantitative estimate of drug-likeness (QED) is 0.0869. The Morgan fingerprint density at radius 2 is 0.611 bits per heavy atom. The highest BCUT2D eigenvalue weighted by molar-refractivity contribution is 6.01. The summed E-state index contributed by atoms with van der Waals surface area (Å²) in [6, 6.07) is 5.48. The van der Waals surface area contributed by atoms with Crippen molar-refractivity contribution in [1.29, 1.82) is 0 Å². The zero-order chi connectivity index (χ0) is 43.9. The van der Waals surface area contributed by atoms with Crippen molar-refractivity contribution in [3.63, 3.8) is 0 Å². The van der Waals surface area contributed by atoms with Gasteiger partial charge in [-0.25, -0.2) is 33.6 Å². The standard InChI is InChI=1S/C10H22O7.C8H6O4.5C3H4O2/c11-1-9(2-12,3-13)7-17-8-10(4-14,5-15)6-16;9-7(10)5-3-1-2-4-6(5)8(11)12;5*1-2-3(4)5/h11-16H,1-8H2;1-4H,(H,9,10)(H,11,12);5*2H,1H2,(H,4,5). The number of carbonyl (C=O) groups is 7. The van der Waals surface area contributed by atoms with Crippen molar-refractivity contribution in [2.24, 2.45) is 10.8 Å². The Kier molecular flexibility index (Phi) is 42.4. The molecule has 0 aliphatic rings. The molecule has 0 saturated heterocycles. The summed E-state index contributed by atoms with van der Waals surface area (Å²) in [4.78, 5) is 67.2. The first kappa shape index (κ1) is 60.0. The van der Waals surface area contributed by atoms with Crippen LogP contribution in [0.25, 0.3) is 0 Å².